The number of hydrogen-bond acceptors (Lipinski definition) is 9. The minimum atomic E-state index is -5.77. The van der Waals surface area contributed by atoms with Crippen molar-refractivity contribution in [2.45, 2.75) is 44.6 Å². The highest BCUT2D eigenvalue weighted by Gasteiger charge is 2.54. The van der Waals surface area contributed by atoms with Gasteiger partial charge in [-0.3, -0.25) is 14.4 Å². The van der Waals surface area contributed by atoms with E-state index in [4.69, 9.17) is 0 Å². The summed E-state index contributed by atoms with van der Waals surface area (Å²) in [5.74, 6) is -4.69. The van der Waals surface area contributed by atoms with E-state index in [1.54, 1.807) is 6.07 Å². The summed E-state index contributed by atoms with van der Waals surface area (Å²) in [6.45, 7) is 5.44. The van der Waals surface area contributed by atoms with Gasteiger partial charge in [0.2, 0.25) is 0 Å². The van der Waals surface area contributed by atoms with Crippen molar-refractivity contribution in [1.82, 2.24) is 15.6 Å². The minimum Gasteiger partial charge on any atom is -0.506 e. The maximum Gasteiger partial charge on any atom is 0.458 e. The van der Waals surface area contributed by atoms with Gasteiger partial charge in [-0.25, -0.2) is 0 Å². The van der Waals surface area contributed by atoms with E-state index in [1.165, 1.54) is 17.2 Å². The Morgan fingerprint density at radius 2 is 1.52 bits per heavy atom. The molecular weight excluding hydrogens is 636 g/mol. The lowest BCUT2D eigenvalue weighted by molar-refractivity contribution is -0.193. The molecule has 3 rings (SSSR count). The number of aliphatic hydroxyl groups excluding tert-OH is 1. The second-order valence-corrected chi connectivity index (χ2v) is 11.6. The number of carbonyl (C=O) groups excluding carboxylic acids is 2. The maximum absolute atomic E-state index is 11.6. The third kappa shape index (κ3) is 12.2. The fraction of sp³-hybridized carbons (Fsp3) is 0.464. The van der Waals surface area contributed by atoms with Crippen molar-refractivity contribution in [3.05, 3.63) is 62.8 Å². The van der Waals surface area contributed by atoms with Crippen LogP contribution in [0.15, 0.2) is 41.2 Å². The largest absolute Gasteiger partial charge is 0.506 e. The van der Waals surface area contributed by atoms with Crippen LogP contribution in [0.3, 0.4) is 0 Å². The molecule has 0 aliphatic carbocycles. The number of aromatic nitrogens is 1. The molecule has 0 aliphatic heterocycles. The van der Waals surface area contributed by atoms with Crippen LogP contribution in [-0.4, -0.2) is 76.8 Å². The Kier molecular flexibility index (Phi) is 14.9. The minimum absolute atomic E-state index is 0.0266. The molecule has 0 unspecified atom stereocenters. The molecule has 0 fully saturated rings. The first-order valence-corrected chi connectivity index (χ1v) is 15.4. The molecule has 1 heterocycles. The first-order chi connectivity index (χ1) is 20.6. The lowest BCUT2D eigenvalue weighted by Crippen LogP contribution is -2.39. The van der Waals surface area contributed by atoms with E-state index in [-0.39, 0.29) is 10.6 Å². The van der Waals surface area contributed by atoms with Gasteiger partial charge in [0.1, 0.15) is 11.3 Å². The van der Waals surface area contributed by atoms with E-state index in [1.807, 2.05) is 11.8 Å². The highest BCUT2D eigenvalue weighted by atomic mass is 32.2. The van der Waals surface area contributed by atoms with Crippen LogP contribution in [-0.2, 0) is 22.4 Å². The van der Waals surface area contributed by atoms with Crippen molar-refractivity contribution >= 4 is 44.9 Å². The summed E-state index contributed by atoms with van der Waals surface area (Å²) in [5.41, 5.74) is 3.83. The predicted octanol–water partition coefficient (Wildman–Crippen LogP) is 4.69. The van der Waals surface area contributed by atoms with Crippen LogP contribution in [0.25, 0.3) is 10.2 Å². The normalized spacial score (nSPS) is 12.5. The van der Waals surface area contributed by atoms with Gasteiger partial charge in [0, 0.05) is 24.4 Å². The molecule has 0 aliphatic rings. The van der Waals surface area contributed by atoms with Crippen LogP contribution < -0.4 is 15.5 Å². The first kappa shape index (κ1) is 37.3. The van der Waals surface area contributed by atoms with Crippen LogP contribution in [0.5, 0.6) is 5.75 Å². The predicted molar refractivity (Wildman–Crippen MR) is 158 cm³/mol. The number of Topliss-reactive ketones (excluding diaryl/α,β-unsaturated/α-hetero) is 2. The molecule has 0 radical (unpaired) electrons. The van der Waals surface area contributed by atoms with E-state index in [0.717, 1.165) is 61.7 Å². The van der Waals surface area contributed by atoms with E-state index in [2.05, 4.69) is 46.8 Å². The first-order valence-electron chi connectivity index (χ1n) is 13.5. The average molecular weight is 670 g/mol. The van der Waals surface area contributed by atoms with Crippen LogP contribution in [0.4, 0.5) is 26.3 Å². The smallest absolute Gasteiger partial charge is 0.458 e. The molecule has 0 amide bonds. The molecular formula is C28H33F6N3O5S2. The topological polar surface area (TPSA) is 132 Å². The van der Waals surface area contributed by atoms with Crippen molar-refractivity contribution in [1.29, 1.82) is 0 Å². The number of aryl methyl sites for hydroxylation is 1. The molecule has 3 aromatic rings. The Labute approximate surface area is 257 Å². The number of aromatic amines is 1. The number of halogens is 6. The zero-order valence-corrected chi connectivity index (χ0v) is 25.2. The number of rotatable bonds is 15. The summed E-state index contributed by atoms with van der Waals surface area (Å²) in [4.78, 5) is 33.2. The van der Waals surface area contributed by atoms with E-state index >= 15 is 0 Å². The lowest BCUT2D eigenvalue weighted by atomic mass is 10.1. The summed E-state index contributed by atoms with van der Waals surface area (Å²) in [6.07, 6.45) is -8.97. The zero-order valence-electron chi connectivity index (χ0n) is 23.6. The fourth-order valence-electron chi connectivity index (χ4n) is 3.75. The molecule has 8 nitrogen and oxygen atoms in total. The van der Waals surface area contributed by atoms with Crippen molar-refractivity contribution in [3.8, 4) is 5.75 Å². The SMILES string of the molecule is CCc1ccc(CCNCCCSCCNC[C@H](O)c2ccc(O)c3[nH]c(=O)sc23)cc1.O=C(C(=O)C(F)(F)F)C(F)(F)F. The van der Waals surface area contributed by atoms with E-state index in [9.17, 15) is 50.9 Å². The number of aromatic hydroxyl groups is 1. The Bertz CT molecular complexity index is 1380. The van der Waals surface area contributed by atoms with Gasteiger partial charge >= 0.3 is 28.8 Å². The summed E-state index contributed by atoms with van der Waals surface area (Å²) < 4.78 is 67.6. The van der Waals surface area contributed by atoms with Gasteiger partial charge in [-0.2, -0.15) is 38.1 Å². The summed E-state index contributed by atoms with van der Waals surface area (Å²) in [7, 11) is 0. The van der Waals surface area contributed by atoms with Crippen LogP contribution in [0.1, 0.15) is 36.1 Å². The summed E-state index contributed by atoms with van der Waals surface area (Å²) in [6, 6.07) is 12.1. The van der Waals surface area contributed by atoms with E-state index < -0.39 is 30.0 Å². The highest BCUT2D eigenvalue weighted by Crippen LogP contribution is 2.31. The molecule has 5 N–H and O–H groups in total. The third-order valence-electron chi connectivity index (χ3n) is 6.09. The van der Waals surface area contributed by atoms with Crippen molar-refractivity contribution < 1.29 is 46.1 Å². The molecule has 0 bridgehead atoms. The maximum atomic E-state index is 11.6. The lowest BCUT2D eigenvalue weighted by Gasteiger charge is -2.13. The molecule has 2 aromatic carbocycles. The molecule has 44 heavy (non-hydrogen) atoms. The number of thiazole rings is 1. The van der Waals surface area contributed by atoms with Crippen LogP contribution in [0.2, 0.25) is 0 Å². The van der Waals surface area contributed by atoms with Gasteiger partial charge in [0.25, 0.3) is 0 Å². The van der Waals surface area contributed by atoms with Crippen LogP contribution >= 0.6 is 23.1 Å². The Hall–Kier alpha value is -2.92. The molecule has 244 valence electrons. The quantitative estimate of drug-likeness (QED) is 0.0896. The van der Waals surface area contributed by atoms with Crippen LogP contribution in [0, 0.1) is 0 Å². The Morgan fingerprint density at radius 1 is 0.909 bits per heavy atom. The second kappa shape index (κ2) is 17.5. The number of benzene rings is 2. The number of alkyl halides is 6. The van der Waals surface area contributed by atoms with Gasteiger partial charge in [0.05, 0.1) is 10.8 Å². The molecule has 0 saturated heterocycles. The number of aliphatic hydroxyl groups is 1. The van der Waals surface area contributed by atoms with Gasteiger partial charge in [-0.15, -0.1) is 0 Å². The number of ketones is 2. The molecule has 1 aromatic heterocycles. The number of phenols is 1. The van der Waals surface area contributed by atoms with Crippen molar-refractivity contribution in [3.63, 3.8) is 0 Å². The van der Waals surface area contributed by atoms with Crippen molar-refractivity contribution in [2.75, 3.05) is 37.7 Å². The van der Waals surface area contributed by atoms with E-state index in [0.29, 0.717) is 22.3 Å². The highest BCUT2D eigenvalue weighted by molar-refractivity contribution is 7.99. The van der Waals surface area contributed by atoms with Gasteiger partial charge < -0.3 is 25.8 Å². The average Bonchev–Trinajstić information content (AvgIpc) is 3.37. The number of nitrogens with one attached hydrogen (secondary N) is 3. The number of H-pyrrole nitrogens is 1. The Balaban J connectivity index is 0.000000477. The van der Waals surface area contributed by atoms with Crippen molar-refractivity contribution in [2.24, 2.45) is 0 Å². The van der Waals surface area contributed by atoms with Gasteiger partial charge in [0.15, 0.2) is 0 Å². The zero-order chi connectivity index (χ0) is 32.9. The monoisotopic (exact) mass is 669 g/mol. The third-order valence-corrected chi connectivity index (χ3v) is 8.09. The number of thioether (sulfide) groups is 1. The fourth-order valence-corrected chi connectivity index (χ4v) is 5.51. The summed E-state index contributed by atoms with van der Waals surface area (Å²) in [5, 5.41) is 27.1. The molecule has 1 atom stereocenters. The Morgan fingerprint density at radius 3 is 2.11 bits per heavy atom. The second-order valence-electron chi connectivity index (χ2n) is 9.40. The standard InChI is InChI=1S/C24H33N3O3S2.C4F6O2/c1-2-17-4-6-18(7-5-17)10-12-25-11-3-14-31-15-13-26-16-21(29)19-8-9-20(28)22-23(19)32-24(30)27-22;5-3(6,7)1(11)2(12)4(8,9)10/h4-9,21,25-26,28-29H,2-3,10-16H2,1H3,(H,27,30);/t21-;/m0./s1. The number of phenolic OH excluding ortho intramolecular Hbond substituents is 1. The molecule has 16 heteroatoms. The van der Waals surface area contributed by atoms with Gasteiger partial charge in [-0.1, -0.05) is 48.6 Å². The number of fused-ring (bicyclic) bond motifs is 1. The number of hydrogen-bond donors (Lipinski definition) is 5. The summed E-state index contributed by atoms with van der Waals surface area (Å²) >= 11 is 2.92. The van der Waals surface area contributed by atoms with Gasteiger partial charge in [-0.05, 0) is 55.3 Å². The molecule has 0 saturated carbocycles. The molecule has 0 spiro atoms. The number of carbonyl (C=O) groups is 2.